The van der Waals surface area contributed by atoms with Crippen molar-refractivity contribution < 1.29 is 8.78 Å². The highest BCUT2D eigenvalue weighted by molar-refractivity contribution is 5.50. The second-order valence-corrected chi connectivity index (χ2v) is 5.39. The molecule has 0 radical (unpaired) electrons. The Morgan fingerprint density at radius 1 is 1.37 bits per heavy atom. The molecule has 2 rings (SSSR count). The van der Waals surface area contributed by atoms with Crippen molar-refractivity contribution in [2.75, 3.05) is 23.3 Å². The van der Waals surface area contributed by atoms with Gasteiger partial charge in [0.15, 0.2) is 23.3 Å². The molecule has 1 fully saturated rings. The van der Waals surface area contributed by atoms with Crippen LogP contribution in [0.3, 0.4) is 0 Å². The van der Waals surface area contributed by atoms with E-state index in [1.54, 1.807) is 0 Å². The second kappa shape index (κ2) is 5.72. The van der Waals surface area contributed by atoms with Gasteiger partial charge < -0.3 is 10.2 Å². The van der Waals surface area contributed by atoms with E-state index in [4.69, 9.17) is 0 Å². The van der Waals surface area contributed by atoms with Crippen LogP contribution in [0.4, 0.5) is 20.4 Å². The number of hydrogen-bond donors (Lipinski definition) is 1. The summed E-state index contributed by atoms with van der Waals surface area (Å²) in [4.78, 5) is 6.07. The van der Waals surface area contributed by atoms with Crippen LogP contribution >= 0.6 is 0 Å². The first-order chi connectivity index (χ1) is 9.02. The molecule has 3 nitrogen and oxygen atoms in total. The lowest BCUT2D eigenvalue weighted by Crippen LogP contribution is -2.29. The quantitative estimate of drug-likeness (QED) is 0.907. The van der Waals surface area contributed by atoms with E-state index in [9.17, 15) is 8.78 Å². The summed E-state index contributed by atoms with van der Waals surface area (Å²) in [6.07, 6.45) is 1.88. The number of aromatic nitrogens is 1. The van der Waals surface area contributed by atoms with Gasteiger partial charge in [-0.3, -0.25) is 0 Å². The van der Waals surface area contributed by atoms with Crippen molar-refractivity contribution in [2.24, 2.45) is 5.92 Å². The van der Waals surface area contributed by atoms with E-state index < -0.39 is 11.6 Å². The van der Waals surface area contributed by atoms with Gasteiger partial charge in [-0.2, -0.15) is 0 Å². The average Bonchev–Trinajstić information content (AvgIpc) is 2.67. The number of pyridine rings is 1. The fraction of sp³-hybridized carbons (Fsp3) is 0.643. The summed E-state index contributed by atoms with van der Waals surface area (Å²) in [5, 5.41) is 2.90. The first kappa shape index (κ1) is 14.0. The van der Waals surface area contributed by atoms with Crippen molar-refractivity contribution in [3.8, 4) is 0 Å². The molecule has 106 valence electrons. The molecule has 5 heteroatoms. The minimum atomic E-state index is -0.630. The van der Waals surface area contributed by atoms with Crippen LogP contribution in [0.2, 0.25) is 0 Å². The van der Waals surface area contributed by atoms with E-state index in [2.05, 4.69) is 17.2 Å². The molecule has 1 aliphatic rings. The third-order valence-corrected chi connectivity index (χ3v) is 3.51. The van der Waals surface area contributed by atoms with Gasteiger partial charge in [0.2, 0.25) is 0 Å². The molecule has 1 aliphatic heterocycles. The van der Waals surface area contributed by atoms with Crippen LogP contribution in [0.15, 0.2) is 6.07 Å². The summed E-state index contributed by atoms with van der Waals surface area (Å²) in [7, 11) is 0. The van der Waals surface area contributed by atoms with Gasteiger partial charge >= 0.3 is 0 Å². The van der Waals surface area contributed by atoms with Gasteiger partial charge in [-0.1, -0.05) is 13.8 Å². The van der Waals surface area contributed by atoms with Crippen molar-refractivity contribution in [1.29, 1.82) is 0 Å². The van der Waals surface area contributed by atoms with E-state index in [1.807, 2.05) is 18.7 Å². The number of halogens is 2. The molecule has 19 heavy (non-hydrogen) atoms. The van der Waals surface area contributed by atoms with Gasteiger partial charge in [-0.15, -0.1) is 0 Å². The zero-order valence-corrected chi connectivity index (χ0v) is 11.7. The van der Waals surface area contributed by atoms with Crippen molar-refractivity contribution >= 4 is 11.6 Å². The van der Waals surface area contributed by atoms with Gasteiger partial charge in [0.25, 0.3) is 0 Å². The highest BCUT2D eigenvalue weighted by Gasteiger charge is 2.29. The SMILES string of the molecule is CCCNc1nc(N2CC(C)CC2C)c(F)cc1F. The lowest BCUT2D eigenvalue weighted by atomic mass is 10.1. The molecule has 1 N–H and O–H groups in total. The molecular formula is C14H21F2N3. The summed E-state index contributed by atoms with van der Waals surface area (Å²) >= 11 is 0. The third kappa shape index (κ3) is 2.96. The van der Waals surface area contributed by atoms with E-state index in [0.717, 1.165) is 25.5 Å². The minimum Gasteiger partial charge on any atom is -0.368 e. The molecule has 0 amide bonds. The Kier molecular flexibility index (Phi) is 4.22. The Balaban J connectivity index is 2.29. The molecule has 1 saturated heterocycles. The van der Waals surface area contributed by atoms with Crippen LogP contribution in [0.1, 0.15) is 33.6 Å². The van der Waals surface area contributed by atoms with Gasteiger partial charge in [0.1, 0.15) is 0 Å². The zero-order chi connectivity index (χ0) is 14.0. The molecule has 0 bridgehead atoms. The molecule has 2 unspecified atom stereocenters. The highest BCUT2D eigenvalue weighted by atomic mass is 19.1. The third-order valence-electron chi connectivity index (χ3n) is 3.51. The fourth-order valence-electron chi connectivity index (χ4n) is 2.62. The Morgan fingerprint density at radius 2 is 2.11 bits per heavy atom. The van der Waals surface area contributed by atoms with E-state index in [-0.39, 0.29) is 17.7 Å². The number of hydrogen-bond acceptors (Lipinski definition) is 3. The Bertz CT molecular complexity index is 451. The van der Waals surface area contributed by atoms with Crippen LogP contribution in [0, 0.1) is 17.6 Å². The number of nitrogens with zero attached hydrogens (tertiary/aromatic N) is 2. The van der Waals surface area contributed by atoms with Gasteiger partial charge in [-0.25, -0.2) is 13.8 Å². The van der Waals surface area contributed by atoms with E-state index >= 15 is 0 Å². The summed E-state index contributed by atoms with van der Waals surface area (Å²) in [5.41, 5.74) is 0. The van der Waals surface area contributed by atoms with Gasteiger partial charge in [-0.05, 0) is 25.7 Å². The summed E-state index contributed by atoms with van der Waals surface area (Å²) < 4.78 is 27.6. The molecule has 2 atom stereocenters. The van der Waals surface area contributed by atoms with Crippen molar-refractivity contribution in [1.82, 2.24) is 4.98 Å². The maximum Gasteiger partial charge on any atom is 0.168 e. The maximum atomic E-state index is 13.9. The smallest absolute Gasteiger partial charge is 0.168 e. The Morgan fingerprint density at radius 3 is 2.68 bits per heavy atom. The largest absolute Gasteiger partial charge is 0.368 e. The highest BCUT2D eigenvalue weighted by Crippen LogP contribution is 2.30. The summed E-state index contributed by atoms with van der Waals surface area (Å²) in [6.45, 7) is 7.56. The molecule has 0 aliphatic carbocycles. The van der Waals surface area contributed by atoms with Crippen LogP contribution in [-0.2, 0) is 0 Å². The van der Waals surface area contributed by atoms with Crippen LogP contribution < -0.4 is 10.2 Å². The topological polar surface area (TPSA) is 28.2 Å². The first-order valence-electron chi connectivity index (χ1n) is 6.89. The molecule has 0 aromatic carbocycles. The lowest BCUT2D eigenvalue weighted by Gasteiger charge is -2.23. The fourth-order valence-corrected chi connectivity index (χ4v) is 2.62. The zero-order valence-electron chi connectivity index (χ0n) is 11.7. The number of nitrogens with one attached hydrogen (secondary N) is 1. The van der Waals surface area contributed by atoms with Crippen LogP contribution in [0.5, 0.6) is 0 Å². The predicted octanol–water partition coefficient (Wildman–Crippen LogP) is 3.42. The van der Waals surface area contributed by atoms with Gasteiger partial charge in [0.05, 0.1) is 0 Å². The summed E-state index contributed by atoms with van der Waals surface area (Å²) in [6, 6.07) is 1.16. The minimum absolute atomic E-state index is 0.144. The molecule has 2 heterocycles. The van der Waals surface area contributed by atoms with E-state index in [1.165, 1.54) is 0 Å². The Hall–Kier alpha value is -1.39. The average molecular weight is 269 g/mol. The van der Waals surface area contributed by atoms with Crippen molar-refractivity contribution in [3.63, 3.8) is 0 Å². The normalized spacial score (nSPS) is 22.9. The second-order valence-electron chi connectivity index (χ2n) is 5.39. The number of anilines is 2. The van der Waals surface area contributed by atoms with Gasteiger partial charge in [0, 0.05) is 25.2 Å². The standard InChI is InChI=1S/C14H21F2N3/c1-4-5-17-13-11(15)7-12(16)14(18-13)19-8-9(2)6-10(19)3/h7,9-10H,4-6,8H2,1-3H3,(H,17,18). The molecule has 1 aromatic heterocycles. The first-order valence-corrected chi connectivity index (χ1v) is 6.89. The van der Waals surface area contributed by atoms with Crippen LogP contribution in [-0.4, -0.2) is 24.1 Å². The molecule has 1 aromatic rings. The molecule has 0 spiro atoms. The predicted molar refractivity (Wildman–Crippen MR) is 73.5 cm³/mol. The summed E-state index contributed by atoms with van der Waals surface area (Å²) in [5.74, 6) is -0.301. The Labute approximate surface area is 113 Å². The van der Waals surface area contributed by atoms with Crippen molar-refractivity contribution in [3.05, 3.63) is 17.7 Å². The monoisotopic (exact) mass is 269 g/mol. The molecular weight excluding hydrogens is 248 g/mol. The lowest BCUT2D eigenvalue weighted by molar-refractivity contribution is 0.567. The van der Waals surface area contributed by atoms with E-state index in [0.29, 0.717) is 12.5 Å². The van der Waals surface area contributed by atoms with Crippen molar-refractivity contribution in [2.45, 2.75) is 39.7 Å². The van der Waals surface area contributed by atoms with Crippen LogP contribution in [0.25, 0.3) is 0 Å². The molecule has 0 saturated carbocycles. The maximum absolute atomic E-state index is 13.9. The number of rotatable bonds is 4.